The third-order valence-corrected chi connectivity index (χ3v) is 0. The summed E-state index contributed by atoms with van der Waals surface area (Å²) in [5, 5.41) is 0. The fourth-order valence-electron chi connectivity index (χ4n) is 0. The van der Waals surface area contributed by atoms with Crippen LogP contribution in [-0.2, 0) is 0 Å². The van der Waals surface area contributed by atoms with Crippen LogP contribution >= 0.6 is 0 Å². The summed E-state index contributed by atoms with van der Waals surface area (Å²) >= 11 is 0. The van der Waals surface area contributed by atoms with Crippen molar-refractivity contribution in [2.75, 3.05) is 0 Å². The highest BCUT2D eigenvalue weighted by molar-refractivity contribution is 3.08. The molecule has 0 saturated heterocycles. The highest BCUT2D eigenvalue weighted by atomic mass is 15.6. The molecular formula is H5N4+. The largest absolute Gasteiger partial charge is 0.158 e. The summed E-state index contributed by atoms with van der Waals surface area (Å²) in [4.78, 5) is 0.250. The molecule has 0 aromatic rings. The van der Waals surface area contributed by atoms with Crippen LogP contribution < -0.4 is 11.7 Å². The zero-order chi connectivity index (χ0) is 3.58. The second-order valence-corrected chi connectivity index (χ2v) is 0.407. The molecule has 0 amide bonds. The topological polar surface area (TPSA) is 78.9 Å². The molecule has 0 spiro atoms. The van der Waals surface area contributed by atoms with Gasteiger partial charge in [0.15, 0.2) is 0 Å². The first-order valence-electron chi connectivity index (χ1n) is 0.740. The van der Waals surface area contributed by atoms with Gasteiger partial charge in [-0.2, -0.15) is 11.7 Å². The maximum atomic E-state index is 5.97. The summed E-state index contributed by atoms with van der Waals surface area (Å²) in [5.74, 6) is 8.78. The number of hydrazine groups is 2. The lowest BCUT2D eigenvalue weighted by atomic mass is 12.4. The number of nitrogens with zero attached hydrogens (tertiary/aromatic N) is 1. The van der Waals surface area contributed by atoms with E-state index in [1.165, 1.54) is 0 Å². The first-order valence-corrected chi connectivity index (χ1v) is 0.740. The van der Waals surface area contributed by atoms with E-state index in [4.69, 9.17) is 5.53 Å². The van der Waals surface area contributed by atoms with Crippen molar-refractivity contribution in [2.45, 2.75) is 0 Å². The minimum atomic E-state index is 0.250. The zero-order valence-corrected chi connectivity index (χ0v) is 2.10. The molecule has 4 heavy (non-hydrogen) atoms. The second kappa shape index (κ2) is 0.655. The smallest absolute Gasteiger partial charge is 0.104 e. The van der Waals surface area contributed by atoms with Gasteiger partial charge in [-0.25, -0.2) is 0 Å². The van der Waals surface area contributed by atoms with E-state index in [1.807, 2.05) is 0 Å². The fourth-order valence-corrected chi connectivity index (χ4v) is 0. The SMILES string of the molecule is N=[N+](N)N. The summed E-state index contributed by atoms with van der Waals surface area (Å²) < 4.78 is 0. The first-order chi connectivity index (χ1) is 1.73. The Labute approximate surface area is 23.4 Å². The van der Waals surface area contributed by atoms with Crippen molar-refractivity contribution in [2.24, 2.45) is 11.7 Å². The second-order valence-electron chi connectivity index (χ2n) is 0.407. The van der Waals surface area contributed by atoms with Crippen LogP contribution in [-0.4, -0.2) is 4.92 Å². The van der Waals surface area contributed by atoms with Crippen LogP contribution in [0.4, 0.5) is 0 Å². The molecule has 0 aromatic carbocycles. The number of hydrogen-bond acceptors (Lipinski definition) is 1. The third-order valence-electron chi connectivity index (χ3n) is 0. The van der Waals surface area contributed by atoms with Crippen molar-refractivity contribution in [1.29, 1.82) is 5.53 Å². The fraction of sp³-hybridized carbons (Fsp3) is 0. The average Bonchev–Trinajstić information content (AvgIpc) is 0.811. The molecule has 4 heteroatoms. The van der Waals surface area contributed by atoms with E-state index in [0.29, 0.717) is 0 Å². The molecule has 0 aromatic heterocycles. The Bertz CT molecular complexity index is 23.0. The number of hydrogen-bond donors (Lipinski definition) is 3. The molecule has 0 aliphatic carbocycles. The lowest BCUT2D eigenvalue weighted by Crippen LogP contribution is -2.22. The van der Waals surface area contributed by atoms with Gasteiger partial charge in [-0.15, -0.1) is 0 Å². The van der Waals surface area contributed by atoms with Gasteiger partial charge in [-0.3, -0.25) is 0 Å². The zero-order valence-electron chi connectivity index (χ0n) is 2.10. The maximum Gasteiger partial charge on any atom is 0.104 e. The maximum absolute atomic E-state index is 5.97. The average molecular weight is 61.1 g/mol. The van der Waals surface area contributed by atoms with Crippen LogP contribution in [0.2, 0.25) is 0 Å². The van der Waals surface area contributed by atoms with Crippen molar-refractivity contribution >= 4 is 0 Å². The van der Waals surface area contributed by atoms with Crippen LogP contribution in [0.1, 0.15) is 0 Å². The monoisotopic (exact) mass is 61.1 g/mol. The molecule has 0 heterocycles. The molecule has 0 atom stereocenters. The van der Waals surface area contributed by atoms with Crippen LogP contribution in [0.3, 0.4) is 0 Å². The van der Waals surface area contributed by atoms with E-state index in [0.717, 1.165) is 0 Å². The van der Waals surface area contributed by atoms with Gasteiger partial charge in [0.2, 0.25) is 0 Å². The summed E-state index contributed by atoms with van der Waals surface area (Å²) in [5.41, 5.74) is 5.97. The van der Waals surface area contributed by atoms with E-state index in [9.17, 15) is 0 Å². The van der Waals surface area contributed by atoms with Crippen LogP contribution in [0.5, 0.6) is 0 Å². The summed E-state index contributed by atoms with van der Waals surface area (Å²) in [6, 6.07) is 0. The van der Waals surface area contributed by atoms with Crippen molar-refractivity contribution in [3.63, 3.8) is 0 Å². The summed E-state index contributed by atoms with van der Waals surface area (Å²) in [6.07, 6.45) is 0. The molecule has 4 nitrogen and oxygen atoms in total. The third kappa shape index (κ3) is 0.0750. The van der Waals surface area contributed by atoms with E-state index in [-0.39, 0.29) is 4.92 Å². The normalized spacial score (nSPS) is 6.00. The number of rotatable bonds is 0. The van der Waals surface area contributed by atoms with Gasteiger partial charge in [-0.05, 0) is 0 Å². The first kappa shape index (κ1) is 3.20. The Hall–Kier alpha value is -0.800. The lowest BCUT2D eigenvalue weighted by Gasteiger charge is -1.60. The van der Waals surface area contributed by atoms with Crippen LogP contribution in [0.25, 0.3) is 0 Å². The molecule has 0 aliphatic rings. The van der Waals surface area contributed by atoms with E-state index < -0.39 is 0 Å². The Kier molecular flexibility index (Phi) is 0.524. The molecule has 0 fully saturated rings. The van der Waals surface area contributed by atoms with Crippen molar-refractivity contribution < 1.29 is 4.92 Å². The Morgan fingerprint density at radius 3 is 1.50 bits per heavy atom. The minimum absolute atomic E-state index is 0.250. The molecule has 5 N–H and O–H groups in total. The highest BCUT2D eigenvalue weighted by Crippen LogP contribution is 1.10. The quantitative estimate of drug-likeness (QED) is 0.142. The van der Waals surface area contributed by atoms with Crippen molar-refractivity contribution in [1.82, 2.24) is 0 Å². The Balaban J connectivity index is 2.80. The standard InChI is InChI=1S/H5N4/c1-4(2)3/h(H5,1,2,3)/q+1. The number of nitrogens with one attached hydrogen (secondary N) is 1. The highest BCUT2D eigenvalue weighted by Gasteiger charge is 1.58. The predicted molar refractivity (Wildman–Crippen MR) is 11.4 cm³/mol. The van der Waals surface area contributed by atoms with Gasteiger partial charge in [0.25, 0.3) is 0 Å². The van der Waals surface area contributed by atoms with Crippen LogP contribution in [0.15, 0.2) is 0 Å². The van der Waals surface area contributed by atoms with Crippen LogP contribution in [0, 0.1) is 5.53 Å². The van der Waals surface area contributed by atoms with E-state index in [2.05, 4.69) is 11.7 Å². The van der Waals surface area contributed by atoms with Gasteiger partial charge in [0.05, 0.1) is 0 Å². The van der Waals surface area contributed by atoms with Gasteiger partial charge >= 0.3 is 0 Å². The number of nitrogens with two attached hydrogens (primary N) is 2. The molecule has 24 valence electrons. The van der Waals surface area contributed by atoms with Gasteiger partial charge in [-0.1, -0.05) is 0 Å². The Morgan fingerprint density at radius 2 is 1.50 bits per heavy atom. The minimum Gasteiger partial charge on any atom is -0.158 e. The Morgan fingerprint density at radius 1 is 1.50 bits per heavy atom. The van der Waals surface area contributed by atoms with E-state index >= 15 is 0 Å². The van der Waals surface area contributed by atoms with Gasteiger partial charge in [0.1, 0.15) is 4.92 Å². The molecule has 0 radical (unpaired) electrons. The molecule has 0 saturated carbocycles. The van der Waals surface area contributed by atoms with E-state index in [1.54, 1.807) is 0 Å². The molecular weight excluding hydrogens is 56.0 g/mol. The summed E-state index contributed by atoms with van der Waals surface area (Å²) in [6.45, 7) is 0. The van der Waals surface area contributed by atoms with Crippen molar-refractivity contribution in [3.8, 4) is 0 Å². The molecule has 0 unspecified atom stereocenters. The summed E-state index contributed by atoms with van der Waals surface area (Å²) in [7, 11) is 0. The van der Waals surface area contributed by atoms with Gasteiger partial charge in [0, 0.05) is 5.53 Å². The molecule has 0 aliphatic heterocycles. The lowest BCUT2D eigenvalue weighted by molar-refractivity contribution is -0.638. The van der Waals surface area contributed by atoms with Gasteiger partial charge < -0.3 is 0 Å². The molecule has 0 rings (SSSR count). The predicted octanol–water partition coefficient (Wildman–Crippen LogP) is -1.22. The van der Waals surface area contributed by atoms with Crippen molar-refractivity contribution in [3.05, 3.63) is 0 Å². The molecule has 0 bridgehead atoms.